The number of aromatic nitrogens is 3. The number of nitrogens with zero attached hydrogens (tertiary/aromatic N) is 5. The number of amides is 3. The summed E-state index contributed by atoms with van der Waals surface area (Å²) >= 11 is 0. The minimum Gasteiger partial charge on any atom is -0.497 e. The summed E-state index contributed by atoms with van der Waals surface area (Å²) < 4.78 is 32.0. The fourth-order valence-electron chi connectivity index (χ4n) is 10.7. The van der Waals surface area contributed by atoms with Crippen LogP contribution in [0, 0.1) is 23.2 Å². The number of carbonyl (C=O) groups excluding carboxylic acids is 3. The molecule has 2 heterocycles. The van der Waals surface area contributed by atoms with Crippen LogP contribution in [-0.2, 0) is 14.4 Å². The Bertz CT molecular complexity index is 3150. The lowest BCUT2D eigenvalue weighted by Crippen LogP contribution is -2.30. The Morgan fingerprint density at radius 3 is 1.45 bits per heavy atom. The number of rotatable bonds is 41. The van der Waals surface area contributed by atoms with Gasteiger partial charge in [0.15, 0.2) is 17.5 Å². The van der Waals surface area contributed by atoms with Gasteiger partial charge in [0.25, 0.3) is 17.7 Å². The molecule has 0 bridgehead atoms. The Morgan fingerprint density at radius 1 is 0.534 bits per heavy atom. The molecule has 14 nitrogen and oxygen atoms in total. The number of unbranched alkanes of at least 4 members (excludes halogenated alkanes) is 12. The second-order valence-corrected chi connectivity index (χ2v) is 22.8. The molecule has 88 heavy (non-hydrogen) atoms. The molecule has 2 atom stereocenters. The average molecular weight is 1190 g/mol. The number of ether oxygens (including phenoxy) is 5. The highest BCUT2D eigenvalue weighted by molar-refractivity contribution is 6.13. The maximum absolute atomic E-state index is 13.5. The van der Waals surface area contributed by atoms with Crippen LogP contribution in [0.25, 0.3) is 39.7 Å². The predicted octanol–water partition coefficient (Wildman–Crippen LogP) is 16.6. The fourth-order valence-corrected chi connectivity index (χ4v) is 10.7. The van der Waals surface area contributed by atoms with Gasteiger partial charge in [0.2, 0.25) is 0 Å². The highest BCUT2D eigenvalue weighted by atomic mass is 16.5. The van der Waals surface area contributed by atoms with E-state index in [0.717, 1.165) is 157 Å². The molecule has 0 spiro atoms. The van der Waals surface area contributed by atoms with Gasteiger partial charge in [-0.25, -0.2) is 15.0 Å². The van der Waals surface area contributed by atoms with E-state index in [9.17, 15) is 19.6 Å². The molecule has 2 unspecified atom stereocenters. The summed E-state index contributed by atoms with van der Waals surface area (Å²) in [5.41, 5.74) is 4.56. The maximum Gasteiger partial charge on any atom is 0.262 e. The van der Waals surface area contributed by atoms with Gasteiger partial charge in [-0.2, -0.15) is 5.26 Å². The van der Waals surface area contributed by atoms with Gasteiger partial charge in [0.05, 0.1) is 44.7 Å². The topological polar surface area (TPSA) is 175 Å². The zero-order valence-corrected chi connectivity index (χ0v) is 52.7. The zero-order valence-electron chi connectivity index (χ0n) is 52.7. The Hall–Kier alpha value is -8.31. The third-order valence-corrected chi connectivity index (χ3v) is 16.2. The van der Waals surface area contributed by atoms with Crippen molar-refractivity contribution in [3.63, 3.8) is 0 Å². The van der Waals surface area contributed by atoms with Crippen molar-refractivity contribution in [1.82, 2.24) is 25.2 Å². The normalized spacial score (nSPS) is 12.6. The van der Waals surface area contributed by atoms with Crippen molar-refractivity contribution < 1.29 is 38.1 Å². The number of hydrogen-bond donors (Lipinski definition) is 1. The van der Waals surface area contributed by atoms with Gasteiger partial charge >= 0.3 is 0 Å². The first-order chi connectivity index (χ1) is 43.2. The smallest absolute Gasteiger partial charge is 0.262 e. The Labute approximate surface area is 523 Å². The minimum absolute atomic E-state index is 0.104. The number of nitriles is 1. The molecule has 14 heteroatoms. The summed E-state index contributed by atoms with van der Waals surface area (Å²) in [6.45, 7) is 12.0. The van der Waals surface area contributed by atoms with Gasteiger partial charge < -0.3 is 29.0 Å². The highest BCUT2D eigenvalue weighted by Crippen LogP contribution is 2.38. The van der Waals surface area contributed by atoms with Crippen molar-refractivity contribution in [2.45, 2.75) is 156 Å². The van der Waals surface area contributed by atoms with Gasteiger partial charge in [-0.1, -0.05) is 178 Å². The molecule has 0 saturated carbocycles. The van der Waals surface area contributed by atoms with Crippen molar-refractivity contribution in [1.29, 1.82) is 5.26 Å². The molecule has 5 aromatic carbocycles. The van der Waals surface area contributed by atoms with Crippen molar-refractivity contribution in [3.05, 3.63) is 150 Å². The van der Waals surface area contributed by atoms with E-state index in [-0.39, 0.29) is 23.3 Å². The summed E-state index contributed by atoms with van der Waals surface area (Å²) in [4.78, 5) is 54.4. The largest absolute Gasteiger partial charge is 0.497 e. The first kappa shape index (κ1) is 67.2. The lowest BCUT2D eigenvalue weighted by atomic mass is 9.93. The number of hydrogen-bond acceptors (Lipinski definition) is 12. The van der Waals surface area contributed by atoms with Crippen molar-refractivity contribution in [3.8, 4) is 69.0 Å². The Kier molecular flexibility index (Phi) is 28.6. The molecule has 0 aliphatic carbocycles. The second kappa shape index (κ2) is 37.4. The highest BCUT2D eigenvalue weighted by Gasteiger charge is 2.24. The molecule has 0 fully saturated rings. The van der Waals surface area contributed by atoms with Gasteiger partial charge in [-0.05, 0) is 110 Å². The van der Waals surface area contributed by atoms with Crippen LogP contribution in [0.1, 0.15) is 167 Å². The molecule has 7 rings (SSSR count). The molecule has 3 amide bonds. The molecule has 0 saturated heterocycles. The summed E-state index contributed by atoms with van der Waals surface area (Å²) in [5, 5.41) is 13.2. The quantitative estimate of drug-likeness (QED) is 0.0167. The zero-order chi connectivity index (χ0) is 62.1. The van der Waals surface area contributed by atoms with Crippen LogP contribution < -0.4 is 29.0 Å². The molecular weight excluding hydrogens is 1100 g/mol. The van der Waals surface area contributed by atoms with Gasteiger partial charge in [-0.3, -0.25) is 19.3 Å². The van der Waals surface area contributed by atoms with E-state index in [2.05, 4.69) is 39.1 Å². The van der Waals surface area contributed by atoms with Crippen LogP contribution in [0.4, 0.5) is 0 Å². The standard InChI is InChI=1S/C74H92N6O8/c1-6-10-30-55(8-3)53-87-61-40-42-63(66(50-61)85-48-28-18-14-12-16-26-46-76-74(83)65(52-75)70(57-32-22-20-23-33-57)58-34-24-21-25-35-58)72-77-71(59-36-38-60(84-5)39-37-59)78-73(79-72)64-43-41-62(88-54-56(9-4)31-11-7-2)51-67(64)86-49-29-19-15-13-17-27-47-80-68(81)44-45-69(80)82/h20-25,32-45,50-51,55-56H,6-19,26-31,46-49,53-54H2,1-5H3,(H,76,83). The molecule has 466 valence electrons. The fraction of sp³-hybridized carbons (Fsp3) is 0.446. The molecule has 1 aliphatic heterocycles. The van der Waals surface area contributed by atoms with Crippen LogP contribution in [0.3, 0.4) is 0 Å². The van der Waals surface area contributed by atoms with Crippen LogP contribution in [0.15, 0.2) is 139 Å². The third-order valence-electron chi connectivity index (χ3n) is 16.2. The summed E-state index contributed by atoms with van der Waals surface area (Å²) in [6, 6.07) is 41.0. The molecular formula is C74H92N6O8. The Morgan fingerprint density at radius 2 is 0.989 bits per heavy atom. The minimum atomic E-state index is -0.366. The van der Waals surface area contributed by atoms with Crippen LogP contribution in [-0.4, -0.2) is 84.2 Å². The van der Waals surface area contributed by atoms with E-state index in [1.807, 2.05) is 121 Å². The predicted molar refractivity (Wildman–Crippen MR) is 350 cm³/mol. The van der Waals surface area contributed by atoms with E-state index in [1.165, 1.54) is 17.1 Å². The number of imide groups is 1. The lowest BCUT2D eigenvalue weighted by Gasteiger charge is -2.18. The number of nitrogens with one attached hydrogen (secondary N) is 1. The average Bonchev–Trinajstić information content (AvgIpc) is 1.83. The number of carbonyl (C=O) groups is 3. The number of benzene rings is 5. The van der Waals surface area contributed by atoms with Crippen molar-refractivity contribution >= 4 is 23.3 Å². The summed E-state index contributed by atoms with van der Waals surface area (Å²) in [5.74, 6) is 4.81. The second-order valence-electron chi connectivity index (χ2n) is 22.8. The van der Waals surface area contributed by atoms with E-state index in [4.69, 9.17) is 38.6 Å². The Balaban J connectivity index is 1.07. The molecule has 6 aromatic rings. The van der Waals surface area contributed by atoms with Gasteiger partial charge in [0, 0.05) is 48.5 Å². The molecule has 1 aromatic heterocycles. The molecule has 1 aliphatic rings. The van der Waals surface area contributed by atoms with Crippen molar-refractivity contribution in [2.24, 2.45) is 11.8 Å². The van der Waals surface area contributed by atoms with Gasteiger partial charge in [-0.15, -0.1) is 0 Å². The number of methoxy groups -OCH3 is 1. The van der Waals surface area contributed by atoms with Crippen LogP contribution in [0.5, 0.6) is 28.7 Å². The lowest BCUT2D eigenvalue weighted by molar-refractivity contribution is -0.136. The van der Waals surface area contributed by atoms with Gasteiger partial charge in [0.1, 0.15) is 40.4 Å². The third kappa shape index (κ3) is 20.9. The summed E-state index contributed by atoms with van der Waals surface area (Å²) in [7, 11) is 1.65. The maximum atomic E-state index is 13.5. The van der Waals surface area contributed by atoms with E-state index < -0.39 is 0 Å². The van der Waals surface area contributed by atoms with E-state index in [0.29, 0.717) is 103 Å². The first-order valence-electron chi connectivity index (χ1n) is 32.4. The van der Waals surface area contributed by atoms with E-state index in [1.54, 1.807) is 7.11 Å². The monoisotopic (exact) mass is 1190 g/mol. The van der Waals surface area contributed by atoms with Crippen molar-refractivity contribution in [2.75, 3.05) is 46.6 Å². The molecule has 1 N–H and O–H groups in total. The molecule has 0 radical (unpaired) electrons. The summed E-state index contributed by atoms with van der Waals surface area (Å²) in [6.07, 6.45) is 22.6. The first-order valence-corrected chi connectivity index (χ1v) is 32.4. The van der Waals surface area contributed by atoms with E-state index >= 15 is 0 Å². The van der Waals surface area contributed by atoms with Crippen LogP contribution >= 0.6 is 0 Å². The van der Waals surface area contributed by atoms with Crippen LogP contribution in [0.2, 0.25) is 0 Å². The SMILES string of the molecule is CCCCC(CC)COc1ccc(-c2nc(-c3ccc(OC)cc3)nc(-c3ccc(OCC(CC)CCCC)cc3OCCCCCCCCN3C(=O)C=CC3=O)n2)c(OCCCCCCCCNC(=O)C(C#N)=C(c2ccccc2)c2ccccc2)c1.